The molecule has 0 aliphatic carbocycles. The molecular weight excluding hydrogens is 469 g/mol. The van der Waals surface area contributed by atoms with Crippen molar-refractivity contribution in [1.82, 2.24) is 14.9 Å². The predicted octanol–water partition coefficient (Wildman–Crippen LogP) is 1.84. The van der Waals surface area contributed by atoms with Crippen LogP contribution in [0.5, 0.6) is 5.75 Å². The van der Waals surface area contributed by atoms with Crippen LogP contribution >= 0.6 is 0 Å². The van der Waals surface area contributed by atoms with E-state index in [-0.39, 0.29) is 11.8 Å². The highest BCUT2D eigenvalue weighted by molar-refractivity contribution is 5.99. The van der Waals surface area contributed by atoms with Crippen LogP contribution in [0.1, 0.15) is 53.1 Å². The quantitative estimate of drug-likeness (QED) is 0.635. The Labute approximate surface area is 198 Å². The topological polar surface area (TPSA) is 104 Å². The van der Waals surface area contributed by atoms with Gasteiger partial charge in [0.25, 0.3) is 11.8 Å². The molecule has 2 atom stereocenters. The molecule has 12 heteroatoms. The SMILES string of the molecule is CCN1C(=O)c2c(O)c(=O)c(C(=O)NCc3c(F)cc(F)cc3F)cn2N(C[C@@H]2CCCO2)[C@H]1C. The molecule has 35 heavy (non-hydrogen) atoms. The summed E-state index contributed by atoms with van der Waals surface area (Å²) in [6.07, 6.45) is 2.15. The smallest absolute Gasteiger partial charge is 0.278 e. The summed E-state index contributed by atoms with van der Waals surface area (Å²) < 4.78 is 48.0. The Hall–Kier alpha value is -3.54. The van der Waals surface area contributed by atoms with E-state index in [9.17, 15) is 32.7 Å². The predicted molar refractivity (Wildman–Crippen MR) is 118 cm³/mol. The fourth-order valence-corrected chi connectivity index (χ4v) is 4.45. The average Bonchev–Trinajstić information content (AvgIpc) is 3.31. The molecule has 0 radical (unpaired) electrons. The van der Waals surface area contributed by atoms with Gasteiger partial charge in [-0.25, -0.2) is 13.2 Å². The number of carbonyl (C=O) groups is 2. The van der Waals surface area contributed by atoms with Crippen LogP contribution in [0, 0.1) is 17.5 Å². The van der Waals surface area contributed by atoms with Crippen molar-refractivity contribution < 1.29 is 32.6 Å². The van der Waals surface area contributed by atoms with Crippen LogP contribution in [0.3, 0.4) is 0 Å². The maximum Gasteiger partial charge on any atom is 0.278 e. The number of rotatable bonds is 6. The third-order valence-corrected chi connectivity index (χ3v) is 6.32. The minimum Gasteiger partial charge on any atom is -0.502 e. The maximum atomic E-state index is 13.9. The number of aromatic hydroxyl groups is 1. The van der Waals surface area contributed by atoms with Gasteiger partial charge in [-0.1, -0.05) is 0 Å². The van der Waals surface area contributed by atoms with Gasteiger partial charge in [0.1, 0.15) is 29.2 Å². The van der Waals surface area contributed by atoms with E-state index < -0.39 is 64.3 Å². The van der Waals surface area contributed by atoms with E-state index in [0.717, 1.165) is 19.0 Å². The van der Waals surface area contributed by atoms with E-state index in [2.05, 4.69) is 5.32 Å². The Morgan fingerprint density at radius 1 is 1.23 bits per heavy atom. The summed E-state index contributed by atoms with van der Waals surface area (Å²) in [7, 11) is 0. The Kier molecular flexibility index (Phi) is 6.75. The summed E-state index contributed by atoms with van der Waals surface area (Å²) in [5, 5.41) is 14.6. The molecule has 9 nitrogen and oxygen atoms in total. The van der Waals surface area contributed by atoms with E-state index in [1.807, 2.05) is 0 Å². The summed E-state index contributed by atoms with van der Waals surface area (Å²) in [6.45, 7) is 4.10. The van der Waals surface area contributed by atoms with Gasteiger partial charge >= 0.3 is 0 Å². The summed E-state index contributed by atoms with van der Waals surface area (Å²) in [6, 6.07) is 0.944. The van der Waals surface area contributed by atoms with Crippen molar-refractivity contribution in [2.24, 2.45) is 0 Å². The largest absolute Gasteiger partial charge is 0.502 e. The number of aromatic nitrogens is 1. The zero-order chi connectivity index (χ0) is 25.4. The number of amides is 2. The van der Waals surface area contributed by atoms with Crippen molar-refractivity contribution in [2.75, 3.05) is 24.7 Å². The fraction of sp³-hybridized carbons (Fsp3) is 0.435. The number of fused-ring (bicyclic) bond motifs is 1. The number of halogens is 3. The number of ether oxygens (including phenoxy) is 1. The number of pyridine rings is 1. The third-order valence-electron chi connectivity index (χ3n) is 6.32. The van der Waals surface area contributed by atoms with Gasteiger partial charge < -0.3 is 20.1 Å². The molecule has 1 saturated heterocycles. The summed E-state index contributed by atoms with van der Waals surface area (Å²) in [5.74, 6) is -6.03. The van der Waals surface area contributed by atoms with Crippen LogP contribution in [-0.4, -0.2) is 58.5 Å². The highest BCUT2D eigenvalue weighted by Crippen LogP contribution is 2.26. The highest BCUT2D eigenvalue weighted by Gasteiger charge is 2.39. The van der Waals surface area contributed by atoms with Gasteiger partial charge in [-0.2, -0.15) is 0 Å². The van der Waals surface area contributed by atoms with Crippen molar-refractivity contribution in [3.05, 3.63) is 62.8 Å². The van der Waals surface area contributed by atoms with Crippen molar-refractivity contribution in [1.29, 1.82) is 0 Å². The van der Waals surface area contributed by atoms with E-state index in [1.54, 1.807) is 18.9 Å². The second-order valence-corrected chi connectivity index (χ2v) is 8.42. The first-order valence-corrected chi connectivity index (χ1v) is 11.2. The fourth-order valence-electron chi connectivity index (χ4n) is 4.45. The first kappa shape index (κ1) is 24.6. The lowest BCUT2D eigenvalue weighted by Gasteiger charge is -2.45. The lowest BCUT2D eigenvalue weighted by Crippen LogP contribution is -2.61. The Morgan fingerprint density at radius 2 is 1.91 bits per heavy atom. The number of nitrogens with zero attached hydrogens (tertiary/aromatic N) is 3. The third kappa shape index (κ3) is 4.45. The first-order valence-electron chi connectivity index (χ1n) is 11.2. The van der Waals surface area contributed by atoms with E-state index in [0.29, 0.717) is 31.8 Å². The molecular formula is C23H25F3N4O5. The zero-order valence-electron chi connectivity index (χ0n) is 19.2. The molecule has 2 aromatic rings. The molecule has 1 fully saturated rings. The van der Waals surface area contributed by atoms with Gasteiger partial charge in [-0.15, -0.1) is 0 Å². The normalized spacial score (nSPS) is 19.7. The zero-order valence-corrected chi connectivity index (χ0v) is 19.2. The molecule has 3 heterocycles. The van der Waals surface area contributed by atoms with Gasteiger partial charge in [0, 0.05) is 43.6 Å². The molecule has 2 N–H and O–H groups in total. The van der Waals surface area contributed by atoms with Gasteiger partial charge in [0.05, 0.1) is 12.6 Å². The molecule has 0 saturated carbocycles. The van der Waals surface area contributed by atoms with Crippen LogP contribution in [0.15, 0.2) is 23.1 Å². The Balaban J connectivity index is 1.70. The van der Waals surface area contributed by atoms with Crippen LogP contribution in [0.4, 0.5) is 13.2 Å². The second-order valence-electron chi connectivity index (χ2n) is 8.42. The molecule has 4 rings (SSSR count). The summed E-state index contributed by atoms with van der Waals surface area (Å²) in [5.41, 5.74) is -2.52. The monoisotopic (exact) mass is 494 g/mol. The van der Waals surface area contributed by atoms with Gasteiger partial charge in [0.2, 0.25) is 5.43 Å². The first-order chi connectivity index (χ1) is 16.6. The number of hydrogen-bond donors (Lipinski definition) is 2. The molecule has 2 aliphatic rings. The minimum absolute atomic E-state index is 0.152. The van der Waals surface area contributed by atoms with Crippen molar-refractivity contribution in [3.63, 3.8) is 0 Å². The standard InChI is InChI=1S/C23H25F3N4O5/c1-3-28-12(2)29(10-14-5-4-6-35-14)30-11-16(20(31)21(32)19(30)23(28)34)22(33)27-9-15-17(25)7-13(24)8-18(15)26/h7-8,11-12,14,32H,3-6,9-10H2,1-2H3,(H,27,33)/t12-,14-/m0/s1. The number of carbonyl (C=O) groups excluding carboxylic acids is 2. The van der Waals surface area contributed by atoms with Crippen molar-refractivity contribution in [3.8, 4) is 5.75 Å². The minimum atomic E-state index is -1.20. The second kappa shape index (κ2) is 9.61. The van der Waals surface area contributed by atoms with Crippen LogP contribution in [-0.2, 0) is 11.3 Å². The average molecular weight is 494 g/mol. The molecule has 1 aromatic carbocycles. The molecule has 0 spiro atoms. The van der Waals surface area contributed by atoms with E-state index in [4.69, 9.17) is 4.74 Å². The molecule has 1 aromatic heterocycles. The van der Waals surface area contributed by atoms with E-state index in [1.165, 1.54) is 9.58 Å². The van der Waals surface area contributed by atoms with Gasteiger partial charge in [-0.3, -0.25) is 24.1 Å². The molecule has 0 bridgehead atoms. The van der Waals surface area contributed by atoms with E-state index >= 15 is 0 Å². The summed E-state index contributed by atoms with van der Waals surface area (Å²) >= 11 is 0. The summed E-state index contributed by atoms with van der Waals surface area (Å²) in [4.78, 5) is 40.1. The lowest BCUT2D eigenvalue weighted by molar-refractivity contribution is 0.0541. The van der Waals surface area contributed by atoms with Crippen molar-refractivity contribution >= 4 is 11.8 Å². The number of benzene rings is 1. The van der Waals surface area contributed by atoms with Gasteiger partial charge in [0.15, 0.2) is 11.4 Å². The lowest BCUT2D eigenvalue weighted by atomic mass is 10.1. The van der Waals surface area contributed by atoms with Gasteiger partial charge in [-0.05, 0) is 26.7 Å². The van der Waals surface area contributed by atoms with Crippen LogP contribution < -0.4 is 15.8 Å². The maximum absolute atomic E-state index is 13.9. The molecule has 0 unspecified atom stereocenters. The molecule has 188 valence electrons. The number of nitrogens with one attached hydrogen (secondary N) is 1. The van der Waals surface area contributed by atoms with Crippen LogP contribution in [0.2, 0.25) is 0 Å². The molecule has 2 amide bonds. The Bertz CT molecular complexity index is 1210. The highest BCUT2D eigenvalue weighted by atomic mass is 19.1. The molecule has 2 aliphatic heterocycles. The Morgan fingerprint density at radius 3 is 2.51 bits per heavy atom. The number of hydrogen-bond acceptors (Lipinski definition) is 6. The van der Waals surface area contributed by atoms with Crippen molar-refractivity contribution in [2.45, 2.75) is 45.5 Å². The van der Waals surface area contributed by atoms with Crippen LogP contribution in [0.25, 0.3) is 0 Å².